The summed E-state index contributed by atoms with van der Waals surface area (Å²) < 4.78 is 13.0. The molecule has 1 aliphatic rings. The van der Waals surface area contributed by atoms with Crippen LogP contribution in [0.5, 0.6) is 0 Å². The van der Waals surface area contributed by atoms with Crippen LogP contribution >= 0.6 is 11.6 Å². The first kappa shape index (κ1) is 10.4. The molecular formula is C11H11ClFNO. The van der Waals surface area contributed by atoms with Gasteiger partial charge in [-0.25, -0.2) is 4.39 Å². The van der Waals surface area contributed by atoms with Crippen LogP contribution in [0.15, 0.2) is 18.2 Å². The Kier molecular flexibility index (Phi) is 2.91. The van der Waals surface area contributed by atoms with E-state index in [9.17, 15) is 9.18 Å². The van der Waals surface area contributed by atoms with Crippen LogP contribution in [-0.2, 0) is 11.2 Å². The largest absolute Gasteiger partial charge is 0.311 e. The van der Waals surface area contributed by atoms with Crippen molar-refractivity contribution >= 4 is 23.2 Å². The van der Waals surface area contributed by atoms with Crippen LogP contribution in [0.3, 0.4) is 0 Å². The molecule has 0 aromatic heterocycles. The number of halogens is 2. The third-order valence-electron chi connectivity index (χ3n) is 2.55. The zero-order valence-corrected chi connectivity index (χ0v) is 8.93. The summed E-state index contributed by atoms with van der Waals surface area (Å²) in [5.41, 5.74) is 1.69. The van der Waals surface area contributed by atoms with Crippen molar-refractivity contribution in [2.24, 2.45) is 0 Å². The Morgan fingerprint density at radius 3 is 2.93 bits per heavy atom. The Hall–Kier alpha value is -1.09. The Morgan fingerprint density at radius 2 is 2.20 bits per heavy atom. The van der Waals surface area contributed by atoms with E-state index in [1.165, 1.54) is 12.1 Å². The molecule has 80 valence electrons. The molecule has 1 amide bonds. The van der Waals surface area contributed by atoms with Crippen molar-refractivity contribution in [3.05, 3.63) is 29.6 Å². The molecule has 1 aromatic rings. The van der Waals surface area contributed by atoms with Crippen molar-refractivity contribution in [2.45, 2.75) is 12.8 Å². The maximum absolute atomic E-state index is 13.0. The molecule has 0 unspecified atom stereocenters. The van der Waals surface area contributed by atoms with E-state index in [1.54, 1.807) is 11.0 Å². The van der Waals surface area contributed by atoms with E-state index in [1.807, 2.05) is 0 Å². The van der Waals surface area contributed by atoms with E-state index in [2.05, 4.69) is 0 Å². The highest BCUT2D eigenvalue weighted by molar-refractivity contribution is 6.18. The number of fused-ring (bicyclic) bond motifs is 1. The summed E-state index contributed by atoms with van der Waals surface area (Å²) in [5.74, 6) is 0.200. The highest BCUT2D eigenvalue weighted by Gasteiger charge is 2.23. The number of rotatable bonds is 2. The van der Waals surface area contributed by atoms with Gasteiger partial charge in [-0.1, -0.05) is 0 Å². The number of hydrogen-bond donors (Lipinski definition) is 0. The van der Waals surface area contributed by atoms with Crippen molar-refractivity contribution in [1.29, 1.82) is 0 Å². The fraction of sp³-hybridized carbons (Fsp3) is 0.364. The van der Waals surface area contributed by atoms with Gasteiger partial charge in [-0.2, -0.15) is 0 Å². The van der Waals surface area contributed by atoms with Gasteiger partial charge in [-0.05, 0) is 30.2 Å². The predicted molar refractivity (Wildman–Crippen MR) is 57.8 cm³/mol. The molecule has 0 radical (unpaired) electrons. The van der Waals surface area contributed by atoms with Gasteiger partial charge in [0, 0.05) is 24.5 Å². The first-order chi connectivity index (χ1) is 7.22. The average Bonchev–Trinajstić information content (AvgIpc) is 2.22. The summed E-state index contributed by atoms with van der Waals surface area (Å²) >= 11 is 5.63. The predicted octanol–water partition coefficient (Wildman–Crippen LogP) is 2.34. The summed E-state index contributed by atoms with van der Waals surface area (Å²) in [4.78, 5) is 13.2. The van der Waals surface area contributed by atoms with E-state index in [0.29, 0.717) is 25.3 Å². The molecule has 0 N–H and O–H groups in total. The van der Waals surface area contributed by atoms with Gasteiger partial charge in [0.05, 0.1) is 0 Å². The van der Waals surface area contributed by atoms with Crippen LogP contribution in [-0.4, -0.2) is 18.3 Å². The number of carbonyl (C=O) groups is 1. The lowest BCUT2D eigenvalue weighted by Crippen LogP contribution is -2.36. The maximum atomic E-state index is 13.0. The van der Waals surface area contributed by atoms with Crippen LogP contribution in [0, 0.1) is 5.82 Å². The summed E-state index contributed by atoms with van der Waals surface area (Å²) in [5, 5.41) is 0. The van der Waals surface area contributed by atoms with Crippen molar-refractivity contribution in [1.82, 2.24) is 0 Å². The molecule has 0 fully saturated rings. The van der Waals surface area contributed by atoms with Gasteiger partial charge in [-0.15, -0.1) is 11.6 Å². The van der Waals surface area contributed by atoms with Crippen LogP contribution in [0.4, 0.5) is 10.1 Å². The topological polar surface area (TPSA) is 20.3 Å². The summed E-state index contributed by atoms with van der Waals surface area (Å²) in [7, 11) is 0. The normalized spacial score (nSPS) is 15.3. The number of anilines is 1. The van der Waals surface area contributed by atoms with Gasteiger partial charge in [0.1, 0.15) is 5.82 Å². The van der Waals surface area contributed by atoms with Crippen LogP contribution in [0.2, 0.25) is 0 Å². The monoisotopic (exact) mass is 227 g/mol. The number of nitrogens with zero attached hydrogens (tertiary/aromatic N) is 1. The number of hydrogen-bond acceptors (Lipinski definition) is 1. The second kappa shape index (κ2) is 4.19. The lowest BCUT2D eigenvalue weighted by Gasteiger charge is -2.28. The summed E-state index contributed by atoms with van der Waals surface area (Å²) in [6.45, 7) is 0.485. The molecule has 0 aliphatic carbocycles. The molecule has 2 nitrogen and oxygen atoms in total. The summed E-state index contributed by atoms with van der Waals surface area (Å²) in [6.07, 6.45) is 1.05. The second-order valence-electron chi connectivity index (χ2n) is 3.51. The smallest absolute Gasteiger partial charge is 0.227 e. The first-order valence-corrected chi connectivity index (χ1v) is 5.40. The minimum absolute atomic E-state index is 0.0646. The number of amides is 1. The Bertz CT molecular complexity index is 394. The molecule has 0 atom stereocenters. The van der Waals surface area contributed by atoms with E-state index in [-0.39, 0.29) is 11.7 Å². The van der Waals surface area contributed by atoms with Gasteiger partial charge in [0.15, 0.2) is 0 Å². The zero-order chi connectivity index (χ0) is 10.8. The number of alkyl halides is 1. The molecule has 4 heteroatoms. The molecule has 2 rings (SSSR count). The van der Waals surface area contributed by atoms with Crippen molar-refractivity contribution in [3.8, 4) is 0 Å². The van der Waals surface area contributed by atoms with Gasteiger partial charge < -0.3 is 4.90 Å². The van der Waals surface area contributed by atoms with E-state index in [0.717, 1.165) is 11.3 Å². The summed E-state index contributed by atoms with van der Waals surface area (Å²) in [6, 6.07) is 4.51. The zero-order valence-electron chi connectivity index (χ0n) is 8.17. The van der Waals surface area contributed by atoms with Gasteiger partial charge in [0.2, 0.25) is 5.91 Å². The molecule has 1 aromatic carbocycles. The third kappa shape index (κ3) is 1.97. The molecule has 1 aliphatic heterocycles. The fourth-order valence-corrected chi connectivity index (χ4v) is 2.03. The van der Waals surface area contributed by atoms with Crippen LogP contribution in [0.25, 0.3) is 0 Å². The molecular weight excluding hydrogens is 217 g/mol. The molecule has 15 heavy (non-hydrogen) atoms. The van der Waals surface area contributed by atoms with Gasteiger partial charge in [0.25, 0.3) is 0 Å². The maximum Gasteiger partial charge on any atom is 0.227 e. The van der Waals surface area contributed by atoms with E-state index in [4.69, 9.17) is 11.6 Å². The number of benzene rings is 1. The van der Waals surface area contributed by atoms with Crippen LogP contribution in [0.1, 0.15) is 12.0 Å². The van der Waals surface area contributed by atoms with Crippen LogP contribution < -0.4 is 4.90 Å². The Labute approximate surface area is 92.6 Å². The average molecular weight is 228 g/mol. The fourth-order valence-electron chi connectivity index (χ4n) is 1.86. The highest BCUT2D eigenvalue weighted by atomic mass is 35.5. The first-order valence-electron chi connectivity index (χ1n) is 4.87. The third-order valence-corrected chi connectivity index (χ3v) is 2.72. The van der Waals surface area contributed by atoms with E-state index < -0.39 is 0 Å². The molecule has 0 saturated heterocycles. The lowest BCUT2D eigenvalue weighted by atomic mass is 10.0. The Balaban J connectivity index is 2.39. The lowest BCUT2D eigenvalue weighted by molar-refractivity contribution is -0.118. The Morgan fingerprint density at radius 1 is 1.40 bits per heavy atom. The molecule has 1 heterocycles. The number of aryl methyl sites for hydroxylation is 1. The second-order valence-corrected chi connectivity index (χ2v) is 3.89. The van der Waals surface area contributed by atoms with Gasteiger partial charge in [-0.3, -0.25) is 4.79 Å². The van der Waals surface area contributed by atoms with Crippen molar-refractivity contribution in [2.75, 3.05) is 17.3 Å². The quantitative estimate of drug-likeness (QED) is 0.711. The SMILES string of the molecule is O=C1CCc2cc(F)ccc2N1CCCl. The molecule has 0 bridgehead atoms. The standard InChI is InChI=1S/C11H11ClFNO/c12-5-6-14-10-3-2-9(13)7-8(10)1-4-11(14)15/h2-3,7H,1,4-6H2. The highest BCUT2D eigenvalue weighted by Crippen LogP contribution is 2.28. The van der Waals surface area contributed by atoms with Gasteiger partial charge >= 0.3 is 0 Å². The van der Waals surface area contributed by atoms with Crippen molar-refractivity contribution in [3.63, 3.8) is 0 Å². The van der Waals surface area contributed by atoms with E-state index >= 15 is 0 Å². The minimum Gasteiger partial charge on any atom is -0.311 e. The minimum atomic E-state index is -0.256. The van der Waals surface area contributed by atoms with Crippen molar-refractivity contribution < 1.29 is 9.18 Å². The molecule has 0 spiro atoms. The number of carbonyl (C=O) groups excluding carboxylic acids is 1. The molecule has 0 saturated carbocycles.